The maximum atomic E-state index is 11.9. The smallest absolute Gasteiger partial charge is 0.309 e. The maximum Gasteiger partial charge on any atom is 0.309 e. The van der Waals surface area contributed by atoms with Crippen LogP contribution in [0.5, 0.6) is 0 Å². The van der Waals surface area contributed by atoms with Crippen molar-refractivity contribution in [1.29, 1.82) is 0 Å². The molecule has 1 aromatic carbocycles. The number of hydrogen-bond acceptors (Lipinski definition) is 5. The molecule has 0 fully saturated rings. The summed E-state index contributed by atoms with van der Waals surface area (Å²) < 4.78 is 10.5. The Morgan fingerprint density at radius 3 is 2.74 bits per heavy atom. The predicted molar refractivity (Wildman–Crippen MR) is 91.6 cm³/mol. The van der Waals surface area contributed by atoms with Crippen LogP contribution in [-0.2, 0) is 16.0 Å². The van der Waals surface area contributed by atoms with Gasteiger partial charge in [0.15, 0.2) is 0 Å². The molecule has 0 radical (unpaired) electrons. The molecule has 1 aromatic heterocycles. The first-order valence-corrected chi connectivity index (χ1v) is 9.15. The van der Waals surface area contributed by atoms with Crippen LogP contribution in [0.15, 0.2) is 28.8 Å². The minimum absolute atomic E-state index is 0.165. The Kier molecular flexibility index (Phi) is 4.97. The van der Waals surface area contributed by atoms with Gasteiger partial charge in [-0.3, -0.25) is 4.79 Å². The fourth-order valence-electron chi connectivity index (χ4n) is 3.05. The van der Waals surface area contributed by atoms with Crippen molar-refractivity contribution in [3.05, 3.63) is 40.6 Å². The molecule has 2 atom stereocenters. The summed E-state index contributed by atoms with van der Waals surface area (Å²) in [7, 11) is 1.43. The molecule has 1 aliphatic rings. The van der Waals surface area contributed by atoms with Crippen LogP contribution >= 0.6 is 23.4 Å². The predicted octanol–water partition coefficient (Wildman–Crippen LogP) is 4.52. The fraction of sp³-hybridized carbons (Fsp3) is 0.412. The molecule has 1 heterocycles. The third-order valence-electron chi connectivity index (χ3n) is 4.27. The first-order valence-electron chi connectivity index (χ1n) is 7.49. The van der Waals surface area contributed by atoms with Crippen molar-refractivity contribution in [1.82, 2.24) is 5.16 Å². The van der Waals surface area contributed by atoms with E-state index in [-0.39, 0.29) is 17.1 Å². The molecular formula is C17H18ClNO3S. The van der Waals surface area contributed by atoms with Crippen molar-refractivity contribution in [3.63, 3.8) is 0 Å². The Hall–Kier alpha value is -1.46. The van der Waals surface area contributed by atoms with Gasteiger partial charge >= 0.3 is 5.97 Å². The number of halogens is 1. The number of aromatic nitrogens is 1. The summed E-state index contributed by atoms with van der Waals surface area (Å²) in [6.07, 6.45) is 4.31. The van der Waals surface area contributed by atoms with Crippen LogP contribution in [0.1, 0.15) is 29.4 Å². The van der Waals surface area contributed by atoms with Crippen LogP contribution in [0.3, 0.4) is 0 Å². The molecule has 0 saturated heterocycles. The van der Waals surface area contributed by atoms with Crippen LogP contribution in [0.4, 0.5) is 0 Å². The number of methoxy groups -OCH3 is 1. The molecule has 6 heteroatoms. The van der Waals surface area contributed by atoms with E-state index in [9.17, 15) is 4.79 Å². The number of ether oxygens (including phenoxy) is 1. The van der Waals surface area contributed by atoms with Gasteiger partial charge in [0.25, 0.3) is 0 Å². The number of rotatable bonds is 3. The Morgan fingerprint density at radius 2 is 2.09 bits per heavy atom. The minimum Gasteiger partial charge on any atom is -0.469 e. The zero-order valence-corrected chi connectivity index (χ0v) is 14.6. The number of benzene rings is 1. The summed E-state index contributed by atoms with van der Waals surface area (Å²) in [6.45, 7) is 0. The zero-order chi connectivity index (χ0) is 16.4. The minimum atomic E-state index is -0.179. The molecule has 1 aliphatic carbocycles. The van der Waals surface area contributed by atoms with Gasteiger partial charge in [-0.05, 0) is 31.2 Å². The summed E-state index contributed by atoms with van der Waals surface area (Å²) in [4.78, 5) is 11.9. The average molecular weight is 352 g/mol. The fourth-order valence-corrected chi connectivity index (χ4v) is 4.03. The molecule has 23 heavy (non-hydrogen) atoms. The molecule has 122 valence electrons. The highest BCUT2D eigenvalue weighted by atomic mass is 35.5. The van der Waals surface area contributed by atoms with Gasteiger partial charge in [-0.2, -0.15) is 11.8 Å². The average Bonchev–Trinajstić information content (AvgIpc) is 2.89. The number of carbonyl (C=O) groups is 1. The van der Waals surface area contributed by atoms with Crippen LogP contribution in [0, 0.1) is 5.92 Å². The quantitative estimate of drug-likeness (QED) is 0.601. The highest BCUT2D eigenvalue weighted by Crippen LogP contribution is 2.44. The summed E-state index contributed by atoms with van der Waals surface area (Å²) in [5, 5.41) is 5.22. The molecule has 0 N–H and O–H groups in total. The second kappa shape index (κ2) is 6.97. The van der Waals surface area contributed by atoms with Gasteiger partial charge in [-0.1, -0.05) is 28.9 Å². The summed E-state index contributed by atoms with van der Waals surface area (Å²) in [5.41, 5.74) is 2.93. The standard InChI is InChI=1S/C17H18ClNO3S/c1-21-17(20)11-5-8-14(23-2)15-13(9-11)22-19-16(15)10-3-6-12(18)7-4-10/h3-4,6-7,11,14H,5,8-9H2,1-2H3/t11-,14+/m0/s1. The Bertz CT molecular complexity index is 698. The Morgan fingerprint density at radius 1 is 1.35 bits per heavy atom. The van der Waals surface area contributed by atoms with Crippen molar-refractivity contribution >= 4 is 29.3 Å². The van der Waals surface area contributed by atoms with Crippen LogP contribution in [0.2, 0.25) is 5.02 Å². The second-order valence-corrected chi connectivity index (χ2v) is 7.08. The van der Waals surface area contributed by atoms with Gasteiger partial charge in [0.2, 0.25) is 0 Å². The second-order valence-electron chi connectivity index (χ2n) is 5.60. The maximum absolute atomic E-state index is 11.9. The van der Waals surface area contributed by atoms with E-state index in [4.69, 9.17) is 20.9 Å². The molecule has 0 saturated carbocycles. The van der Waals surface area contributed by atoms with Gasteiger partial charge in [0, 0.05) is 27.8 Å². The largest absolute Gasteiger partial charge is 0.469 e. The Balaban J connectivity index is 2.01. The van der Waals surface area contributed by atoms with E-state index in [1.165, 1.54) is 7.11 Å². The lowest BCUT2D eigenvalue weighted by Crippen LogP contribution is -2.17. The number of fused-ring (bicyclic) bond motifs is 1. The lowest BCUT2D eigenvalue weighted by molar-refractivity contribution is -0.145. The monoisotopic (exact) mass is 351 g/mol. The Labute approximate surface area is 144 Å². The molecule has 0 bridgehead atoms. The topological polar surface area (TPSA) is 52.3 Å². The zero-order valence-electron chi connectivity index (χ0n) is 13.0. The van der Waals surface area contributed by atoms with Gasteiger partial charge in [-0.25, -0.2) is 0 Å². The number of esters is 1. The summed E-state index contributed by atoms with van der Waals surface area (Å²) in [6, 6.07) is 7.58. The molecular weight excluding hydrogens is 334 g/mol. The number of carbonyl (C=O) groups excluding carboxylic acids is 1. The summed E-state index contributed by atoms with van der Waals surface area (Å²) in [5.74, 6) is 0.450. The van der Waals surface area contributed by atoms with E-state index in [2.05, 4.69) is 11.4 Å². The van der Waals surface area contributed by atoms with E-state index in [1.54, 1.807) is 11.8 Å². The molecule has 2 aromatic rings. The molecule has 4 nitrogen and oxygen atoms in total. The van der Waals surface area contributed by atoms with Crippen molar-refractivity contribution < 1.29 is 14.1 Å². The van der Waals surface area contributed by atoms with Crippen LogP contribution in [-0.4, -0.2) is 24.5 Å². The van der Waals surface area contributed by atoms with Crippen molar-refractivity contribution in [2.75, 3.05) is 13.4 Å². The van der Waals surface area contributed by atoms with Gasteiger partial charge in [0.05, 0.1) is 13.0 Å². The van der Waals surface area contributed by atoms with E-state index in [0.717, 1.165) is 35.4 Å². The third kappa shape index (κ3) is 3.26. The first kappa shape index (κ1) is 16.4. The highest BCUT2D eigenvalue weighted by Gasteiger charge is 2.33. The van der Waals surface area contributed by atoms with Crippen LogP contribution < -0.4 is 0 Å². The van der Waals surface area contributed by atoms with Gasteiger partial charge in [0.1, 0.15) is 11.5 Å². The molecule has 3 rings (SSSR count). The molecule has 0 amide bonds. The SMILES string of the molecule is COC(=O)[C@H]1CC[C@@H](SC)c2c(-c3ccc(Cl)cc3)noc2C1. The van der Waals surface area contributed by atoms with E-state index in [0.29, 0.717) is 11.4 Å². The van der Waals surface area contributed by atoms with E-state index < -0.39 is 0 Å². The molecule has 0 spiro atoms. The first-order chi connectivity index (χ1) is 11.1. The third-order valence-corrected chi connectivity index (χ3v) is 5.56. The van der Waals surface area contributed by atoms with E-state index in [1.807, 2.05) is 24.3 Å². The van der Waals surface area contributed by atoms with Crippen molar-refractivity contribution in [3.8, 4) is 11.3 Å². The summed E-state index contributed by atoms with van der Waals surface area (Å²) >= 11 is 7.73. The lowest BCUT2D eigenvalue weighted by Gasteiger charge is -2.13. The van der Waals surface area contributed by atoms with Gasteiger partial charge in [-0.15, -0.1) is 0 Å². The number of thioether (sulfide) groups is 1. The van der Waals surface area contributed by atoms with Gasteiger partial charge < -0.3 is 9.26 Å². The van der Waals surface area contributed by atoms with Crippen molar-refractivity contribution in [2.24, 2.45) is 5.92 Å². The number of hydrogen-bond donors (Lipinski definition) is 0. The lowest BCUT2D eigenvalue weighted by atomic mass is 10.0. The van der Waals surface area contributed by atoms with E-state index >= 15 is 0 Å². The highest BCUT2D eigenvalue weighted by molar-refractivity contribution is 7.98. The molecule has 0 aliphatic heterocycles. The normalized spacial score (nSPS) is 20.7. The number of nitrogens with zero attached hydrogens (tertiary/aromatic N) is 1. The van der Waals surface area contributed by atoms with Crippen LogP contribution in [0.25, 0.3) is 11.3 Å². The van der Waals surface area contributed by atoms with Crippen molar-refractivity contribution in [2.45, 2.75) is 24.5 Å². The molecule has 0 unspecified atom stereocenters.